The highest BCUT2D eigenvalue weighted by Gasteiger charge is 2.25. The van der Waals surface area contributed by atoms with E-state index in [0.717, 1.165) is 0 Å². The Morgan fingerprint density at radius 1 is 1.33 bits per heavy atom. The van der Waals surface area contributed by atoms with Crippen molar-refractivity contribution in [2.24, 2.45) is 0 Å². The van der Waals surface area contributed by atoms with Crippen LogP contribution in [-0.2, 0) is 14.3 Å². The second kappa shape index (κ2) is 10.3. The Kier molecular flexibility index (Phi) is 8.74. The topological polar surface area (TPSA) is 75.6 Å². The molecule has 1 aromatic rings. The van der Waals surface area contributed by atoms with E-state index >= 15 is 0 Å². The predicted molar refractivity (Wildman–Crippen MR) is 90.5 cm³/mol. The first-order valence-corrected chi connectivity index (χ1v) is 8.03. The van der Waals surface area contributed by atoms with Crippen LogP contribution in [0.4, 0.5) is 4.39 Å². The van der Waals surface area contributed by atoms with Gasteiger partial charge in [0.1, 0.15) is 12.8 Å². The van der Waals surface area contributed by atoms with Crippen LogP contribution in [0.3, 0.4) is 0 Å². The SMILES string of the molecule is CCOC(=O)/C=C/c1ccc([C@@H](O)[C@@H](CF)NC(=O)C(Cl)Cl)cc1. The van der Waals surface area contributed by atoms with Crippen LogP contribution in [-0.4, -0.2) is 41.1 Å². The molecule has 0 saturated heterocycles. The Balaban J connectivity index is 2.76. The molecule has 0 aliphatic heterocycles. The maximum atomic E-state index is 13.1. The molecule has 5 nitrogen and oxygen atoms in total. The summed E-state index contributed by atoms with van der Waals surface area (Å²) in [5, 5.41) is 12.4. The molecular weight excluding hydrogens is 360 g/mol. The second-order valence-electron chi connectivity index (χ2n) is 4.77. The van der Waals surface area contributed by atoms with E-state index in [1.807, 2.05) is 0 Å². The van der Waals surface area contributed by atoms with Crippen molar-refractivity contribution in [1.29, 1.82) is 0 Å². The summed E-state index contributed by atoms with van der Waals surface area (Å²) in [7, 11) is 0. The average molecular weight is 378 g/mol. The average Bonchev–Trinajstić information content (AvgIpc) is 2.57. The summed E-state index contributed by atoms with van der Waals surface area (Å²) in [5.74, 6) is -1.24. The summed E-state index contributed by atoms with van der Waals surface area (Å²) in [4.78, 5) is 21.3. The molecule has 0 heterocycles. The normalized spacial score (nSPS) is 13.8. The third kappa shape index (κ3) is 6.47. The molecule has 2 atom stereocenters. The Hall–Kier alpha value is -1.63. The van der Waals surface area contributed by atoms with Gasteiger partial charge in [0.2, 0.25) is 0 Å². The minimum Gasteiger partial charge on any atom is -0.463 e. The summed E-state index contributed by atoms with van der Waals surface area (Å²) in [6.07, 6.45) is 1.56. The van der Waals surface area contributed by atoms with Gasteiger partial charge in [-0.3, -0.25) is 4.79 Å². The molecule has 1 rings (SSSR count). The monoisotopic (exact) mass is 377 g/mol. The maximum Gasteiger partial charge on any atom is 0.330 e. The van der Waals surface area contributed by atoms with E-state index in [9.17, 15) is 19.1 Å². The third-order valence-corrected chi connectivity index (χ3v) is 3.45. The van der Waals surface area contributed by atoms with Gasteiger partial charge in [0.25, 0.3) is 5.91 Å². The highest BCUT2D eigenvalue weighted by atomic mass is 35.5. The third-order valence-electron chi connectivity index (χ3n) is 3.05. The molecule has 0 aromatic heterocycles. The molecule has 0 aliphatic rings. The molecule has 0 bridgehead atoms. The summed E-state index contributed by atoms with van der Waals surface area (Å²) < 4.78 is 17.8. The lowest BCUT2D eigenvalue weighted by molar-refractivity contribution is -0.137. The van der Waals surface area contributed by atoms with Gasteiger partial charge in [-0.05, 0) is 24.1 Å². The number of halogens is 3. The number of amides is 1. The number of hydrogen-bond acceptors (Lipinski definition) is 4. The highest BCUT2D eigenvalue weighted by molar-refractivity contribution is 6.53. The number of benzene rings is 1. The number of alkyl halides is 3. The molecule has 0 fully saturated rings. The van der Waals surface area contributed by atoms with Gasteiger partial charge in [-0.1, -0.05) is 47.5 Å². The van der Waals surface area contributed by atoms with E-state index in [4.69, 9.17) is 27.9 Å². The van der Waals surface area contributed by atoms with E-state index in [2.05, 4.69) is 5.32 Å². The van der Waals surface area contributed by atoms with Crippen LogP contribution in [0.25, 0.3) is 6.08 Å². The fraction of sp³-hybridized carbons (Fsp3) is 0.375. The minimum absolute atomic E-state index is 0.288. The van der Waals surface area contributed by atoms with E-state index in [1.165, 1.54) is 6.08 Å². The highest BCUT2D eigenvalue weighted by Crippen LogP contribution is 2.19. The van der Waals surface area contributed by atoms with Crippen LogP contribution < -0.4 is 5.32 Å². The van der Waals surface area contributed by atoms with Crippen molar-refractivity contribution in [3.63, 3.8) is 0 Å². The molecule has 0 saturated carbocycles. The first kappa shape index (κ1) is 20.4. The van der Waals surface area contributed by atoms with Gasteiger partial charge in [-0.25, -0.2) is 9.18 Å². The van der Waals surface area contributed by atoms with Crippen molar-refractivity contribution < 1.29 is 23.8 Å². The number of aliphatic hydroxyl groups is 1. The molecule has 0 radical (unpaired) electrons. The molecule has 2 N–H and O–H groups in total. The van der Waals surface area contributed by atoms with Crippen molar-refractivity contribution >= 4 is 41.2 Å². The van der Waals surface area contributed by atoms with Crippen LogP contribution in [0.2, 0.25) is 0 Å². The van der Waals surface area contributed by atoms with Crippen LogP contribution in [0, 0.1) is 0 Å². The van der Waals surface area contributed by atoms with Crippen molar-refractivity contribution in [3.8, 4) is 0 Å². The van der Waals surface area contributed by atoms with Gasteiger partial charge in [-0.15, -0.1) is 0 Å². The van der Waals surface area contributed by atoms with Gasteiger partial charge in [-0.2, -0.15) is 0 Å². The lowest BCUT2D eigenvalue weighted by Crippen LogP contribution is -2.43. The van der Waals surface area contributed by atoms with E-state index in [1.54, 1.807) is 37.3 Å². The lowest BCUT2D eigenvalue weighted by Gasteiger charge is -2.22. The number of esters is 1. The number of ether oxygens (including phenoxy) is 1. The number of aliphatic hydroxyl groups excluding tert-OH is 1. The van der Waals surface area contributed by atoms with Gasteiger partial charge >= 0.3 is 5.97 Å². The van der Waals surface area contributed by atoms with Crippen LogP contribution in [0.5, 0.6) is 0 Å². The first-order chi connectivity index (χ1) is 11.4. The Labute approximate surface area is 149 Å². The van der Waals surface area contributed by atoms with Gasteiger partial charge in [0, 0.05) is 6.08 Å². The number of hydrogen-bond donors (Lipinski definition) is 2. The molecule has 0 spiro atoms. The zero-order chi connectivity index (χ0) is 18.1. The smallest absolute Gasteiger partial charge is 0.330 e. The van der Waals surface area contributed by atoms with Crippen LogP contribution >= 0.6 is 23.2 Å². The Morgan fingerprint density at radius 2 is 1.96 bits per heavy atom. The number of nitrogens with one attached hydrogen (secondary N) is 1. The summed E-state index contributed by atoms with van der Waals surface area (Å²) in [6, 6.07) is 5.22. The summed E-state index contributed by atoms with van der Waals surface area (Å²) in [5.41, 5.74) is 1.09. The zero-order valence-electron chi connectivity index (χ0n) is 12.9. The first-order valence-electron chi connectivity index (χ1n) is 7.16. The number of carbonyl (C=O) groups is 2. The van der Waals surface area contributed by atoms with Crippen LogP contribution in [0.1, 0.15) is 24.2 Å². The van der Waals surface area contributed by atoms with Crippen LogP contribution in [0.15, 0.2) is 30.3 Å². The molecule has 0 unspecified atom stereocenters. The Morgan fingerprint density at radius 3 is 2.46 bits per heavy atom. The van der Waals surface area contributed by atoms with E-state index in [-0.39, 0.29) is 6.61 Å². The van der Waals surface area contributed by atoms with Crippen molar-refractivity contribution in [2.45, 2.75) is 23.9 Å². The summed E-state index contributed by atoms with van der Waals surface area (Å²) >= 11 is 10.8. The standard InChI is InChI=1S/C16H18Cl2FNO4/c1-2-24-13(21)8-5-10-3-6-11(7-4-10)14(22)12(9-19)20-16(23)15(17)18/h3-8,12,14-15,22H,2,9H2,1H3,(H,20,23)/b8-5+/t12-,14-/m1/s1. The van der Waals surface area contributed by atoms with Crippen molar-refractivity contribution in [3.05, 3.63) is 41.5 Å². The predicted octanol–water partition coefficient (Wildman–Crippen LogP) is 2.55. The summed E-state index contributed by atoms with van der Waals surface area (Å²) in [6.45, 7) is 1.01. The molecular formula is C16H18Cl2FNO4. The molecule has 0 aliphatic carbocycles. The maximum absolute atomic E-state index is 13.1. The molecule has 132 valence electrons. The minimum atomic E-state index is -1.35. The second-order valence-corrected chi connectivity index (χ2v) is 5.86. The van der Waals surface area contributed by atoms with Crippen molar-refractivity contribution in [2.75, 3.05) is 13.3 Å². The van der Waals surface area contributed by atoms with Gasteiger partial charge in [0.05, 0.1) is 12.6 Å². The zero-order valence-corrected chi connectivity index (χ0v) is 14.4. The quantitative estimate of drug-likeness (QED) is 0.414. The molecule has 1 amide bonds. The lowest BCUT2D eigenvalue weighted by atomic mass is 10.0. The molecule has 1 aromatic carbocycles. The largest absolute Gasteiger partial charge is 0.463 e. The number of rotatable bonds is 8. The van der Waals surface area contributed by atoms with E-state index < -0.39 is 35.5 Å². The van der Waals surface area contributed by atoms with Gasteiger partial charge in [0.15, 0.2) is 4.84 Å². The van der Waals surface area contributed by atoms with Crippen molar-refractivity contribution in [1.82, 2.24) is 5.32 Å². The molecule has 24 heavy (non-hydrogen) atoms. The fourth-order valence-corrected chi connectivity index (χ4v) is 1.96. The number of carbonyl (C=O) groups excluding carboxylic acids is 2. The fourth-order valence-electron chi connectivity index (χ4n) is 1.84. The van der Waals surface area contributed by atoms with Gasteiger partial charge < -0.3 is 15.2 Å². The van der Waals surface area contributed by atoms with E-state index in [0.29, 0.717) is 11.1 Å². The molecule has 8 heteroatoms. The Bertz CT molecular complexity index is 578.